The van der Waals surface area contributed by atoms with Gasteiger partial charge in [-0.2, -0.15) is 0 Å². The molecule has 1 saturated heterocycles. The summed E-state index contributed by atoms with van der Waals surface area (Å²) in [5, 5.41) is 4.05. The average Bonchev–Trinajstić information content (AvgIpc) is 3.21. The molecule has 30 heavy (non-hydrogen) atoms. The molecule has 3 heterocycles. The van der Waals surface area contributed by atoms with E-state index >= 15 is 0 Å². The Morgan fingerprint density at radius 3 is 2.73 bits per heavy atom. The van der Waals surface area contributed by atoms with E-state index in [1.807, 2.05) is 24.4 Å². The first kappa shape index (κ1) is 21.1. The van der Waals surface area contributed by atoms with Crippen molar-refractivity contribution in [3.63, 3.8) is 0 Å². The highest BCUT2D eigenvalue weighted by Gasteiger charge is 2.16. The third kappa shape index (κ3) is 5.50. The quantitative estimate of drug-likeness (QED) is 0.578. The number of aromatic nitrogens is 2. The van der Waals surface area contributed by atoms with E-state index in [4.69, 9.17) is 0 Å². The minimum atomic E-state index is 0.0425. The van der Waals surface area contributed by atoms with E-state index in [2.05, 4.69) is 50.2 Å². The number of thiazole rings is 1. The van der Waals surface area contributed by atoms with Crippen molar-refractivity contribution in [1.82, 2.24) is 20.2 Å². The number of carbonyl (C=O) groups is 1. The summed E-state index contributed by atoms with van der Waals surface area (Å²) in [5.74, 6) is 2.25. The fourth-order valence-electron chi connectivity index (χ4n) is 3.47. The molecule has 1 amide bonds. The van der Waals surface area contributed by atoms with Gasteiger partial charge in [-0.05, 0) is 30.3 Å². The zero-order valence-corrected chi connectivity index (χ0v) is 18.8. The van der Waals surface area contributed by atoms with Gasteiger partial charge in [-0.3, -0.25) is 4.79 Å². The molecule has 158 valence electrons. The van der Waals surface area contributed by atoms with Crippen molar-refractivity contribution in [3.8, 4) is 0 Å². The molecule has 2 aromatic heterocycles. The number of fused-ring (bicyclic) bond motifs is 1. The van der Waals surface area contributed by atoms with Crippen LogP contribution in [0.15, 0.2) is 42.6 Å². The van der Waals surface area contributed by atoms with Gasteiger partial charge in [0.15, 0.2) is 0 Å². The zero-order valence-electron chi connectivity index (χ0n) is 17.2. The maximum atomic E-state index is 12.2. The van der Waals surface area contributed by atoms with Crippen molar-refractivity contribution in [2.75, 3.05) is 43.4 Å². The van der Waals surface area contributed by atoms with Crippen molar-refractivity contribution in [2.24, 2.45) is 0 Å². The maximum Gasteiger partial charge on any atom is 0.230 e. The van der Waals surface area contributed by atoms with Crippen LogP contribution < -0.4 is 10.2 Å². The average molecular weight is 442 g/mol. The van der Waals surface area contributed by atoms with Gasteiger partial charge in [0.2, 0.25) is 5.91 Å². The highest BCUT2D eigenvalue weighted by atomic mass is 32.2. The first-order valence-corrected chi connectivity index (χ1v) is 12.3. The van der Waals surface area contributed by atoms with E-state index < -0.39 is 0 Å². The summed E-state index contributed by atoms with van der Waals surface area (Å²) in [4.78, 5) is 26.2. The molecule has 1 aliphatic heterocycles. The number of nitrogens with one attached hydrogen (secondary N) is 1. The minimum Gasteiger partial charge on any atom is -0.354 e. The first-order chi connectivity index (χ1) is 14.7. The molecule has 0 unspecified atom stereocenters. The maximum absolute atomic E-state index is 12.2. The number of nitrogens with zero attached hydrogens (tertiary/aromatic N) is 4. The molecule has 0 spiro atoms. The number of benzene rings is 1. The number of hydrogen-bond donors (Lipinski definition) is 1. The number of hydrogen-bond acceptors (Lipinski definition) is 7. The Bertz CT molecular complexity index is 934. The standard InChI is InChI=1S/C22H27N5OS2/c1-2-26-9-11-27(12-10-26)20-8-7-17(13-23-20)14-24-21(28)15-29-16-22-25-18-5-3-4-6-19(18)30-22/h3-8,13H,2,9-12,14-16H2,1H3,(H,24,28). The van der Waals surface area contributed by atoms with Crippen LogP contribution in [0, 0.1) is 0 Å². The van der Waals surface area contributed by atoms with E-state index in [9.17, 15) is 4.79 Å². The van der Waals surface area contributed by atoms with E-state index in [0.29, 0.717) is 12.3 Å². The van der Waals surface area contributed by atoms with Crippen LogP contribution in [0.2, 0.25) is 0 Å². The minimum absolute atomic E-state index is 0.0425. The van der Waals surface area contributed by atoms with Gasteiger partial charge in [0, 0.05) is 44.7 Å². The molecular formula is C22H27N5OS2. The Hall–Kier alpha value is -2.16. The summed E-state index contributed by atoms with van der Waals surface area (Å²) in [6, 6.07) is 12.3. The molecule has 1 N–H and O–H groups in total. The molecule has 0 aliphatic carbocycles. The van der Waals surface area contributed by atoms with Crippen LogP contribution in [0.4, 0.5) is 5.82 Å². The highest BCUT2D eigenvalue weighted by molar-refractivity contribution is 7.99. The van der Waals surface area contributed by atoms with Crippen LogP contribution in [0.5, 0.6) is 0 Å². The number of amides is 1. The van der Waals surface area contributed by atoms with Gasteiger partial charge >= 0.3 is 0 Å². The van der Waals surface area contributed by atoms with Crippen LogP contribution in [0.25, 0.3) is 10.2 Å². The lowest BCUT2D eigenvalue weighted by molar-refractivity contribution is -0.118. The number of likely N-dealkylation sites (N-methyl/N-ethyl adjacent to an activating group) is 1. The van der Waals surface area contributed by atoms with E-state index in [0.717, 1.165) is 60.4 Å². The highest BCUT2D eigenvalue weighted by Crippen LogP contribution is 2.24. The Morgan fingerprint density at radius 1 is 1.17 bits per heavy atom. The number of rotatable bonds is 8. The van der Waals surface area contributed by atoms with Gasteiger partial charge in [0.1, 0.15) is 10.8 Å². The van der Waals surface area contributed by atoms with Crippen LogP contribution in [-0.4, -0.2) is 59.3 Å². The molecule has 1 aromatic carbocycles. The third-order valence-electron chi connectivity index (χ3n) is 5.24. The summed E-state index contributed by atoms with van der Waals surface area (Å²) in [6.45, 7) is 8.04. The predicted molar refractivity (Wildman–Crippen MR) is 126 cm³/mol. The van der Waals surface area contributed by atoms with Gasteiger partial charge < -0.3 is 15.1 Å². The first-order valence-electron chi connectivity index (χ1n) is 10.3. The number of piperazine rings is 1. The second kappa shape index (κ2) is 10.2. The zero-order chi connectivity index (χ0) is 20.8. The topological polar surface area (TPSA) is 61.4 Å². The smallest absolute Gasteiger partial charge is 0.230 e. The lowest BCUT2D eigenvalue weighted by atomic mass is 10.2. The normalized spacial score (nSPS) is 14.9. The molecule has 1 aliphatic rings. The number of para-hydroxylation sites is 1. The lowest BCUT2D eigenvalue weighted by Crippen LogP contribution is -2.46. The van der Waals surface area contributed by atoms with Crippen LogP contribution in [-0.2, 0) is 17.1 Å². The largest absolute Gasteiger partial charge is 0.354 e. The molecule has 0 atom stereocenters. The fourth-order valence-corrected chi connectivity index (χ4v) is 5.34. The Kier molecular flexibility index (Phi) is 7.20. The molecule has 4 rings (SSSR count). The van der Waals surface area contributed by atoms with Gasteiger partial charge in [-0.15, -0.1) is 23.1 Å². The van der Waals surface area contributed by atoms with E-state index in [-0.39, 0.29) is 5.91 Å². The Morgan fingerprint density at radius 2 is 2.00 bits per heavy atom. The molecule has 6 nitrogen and oxygen atoms in total. The second-order valence-electron chi connectivity index (χ2n) is 7.29. The molecule has 8 heteroatoms. The van der Waals surface area contributed by atoms with Gasteiger partial charge in [-0.25, -0.2) is 9.97 Å². The lowest BCUT2D eigenvalue weighted by Gasteiger charge is -2.34. The number of pyridine rings is 1. The van der Waals surface area contributed by atoms with Crippen LogP contribution in [0.3, 0.4) is 0 Å². The van der Waals surface area contributed by atoms with Crippen LogP contribution >= 0.6 is 23.1 Å². The van der Waals surface area contributed by atoms with Gasteiger partial charge in [0.25, 0.3) is 0 Å². The SMILES string of the molecule is CCN1CCN(c2ccc(CNC(=O)CSCc3nc4ccccc4s3)cn2)CC1. The monoisotopic (exact) mass is 441 g/mol. The Balaban J connectivity index is 1.18. The van der Waals surface area contributed by atoms with Gasteiger partial charge in [-0.1, -0.05) is 25.1 Å². The molecule has 1 fully saturated rings. The molecule has 3 aromatic rings. The summed E-state index contributed by atoms with van der Waals surface area (Å²) in [7, 11) is 0. The summed E-state index contributed by atoms with van der Waals surface area (Å²) in [5.41, 5.74) is 2.06. The fraction of sp³-hybridized carbons (Fsp3) is 0.409. The number of anilines is 1. The third-order valence-corrected chi connectivity index (χ3v) is 7.40. The summed E-state index contributed by atoms with van der Waals surface area (Å²) >= 11 is 3.29. The van der Waals surface area contributed by atoms with Crippen molar-refractivity contribution in [2.45, 2.75) is 19.2 Å². The molecule has 0 saturated carbocycles. The molecular weight excluding hydrogens is 414 g/mol. The molecule has 0 radical (unpaired) electrons. The second-order valence-corrected chi connectivity index (χ2v) is 9.39. The van der Waals surface area contributed by atoms with Crippen molar-refractivity contribution < 1.29 is 4.79 Å². The number of thioether (sulfide) groups is 1. The van der Waals surface area contributed by atoms with Crippen molar-refractivity contribution in [3.05, 3.63) is 53.2 Å². The van der Waals surface area contributed by atoms with Crippen molar-refractivity contribution in [1.29, 1.82) is 0 Å². The predicted octanol–water partition coefficient (Wildman–Crippen LogP) is 3.38. The van der Waals surface area contributed by atoms with E-state index in [1.54, 1.807) is 23.1 Å². The summed E-state index contributed by atoms with van der Waals surface area (Å²) < 4.78 is 1.20. The van der Waals surface area contributed by atoms with Crippen molar-refractivity contribution >= 4 is 45.0 Å². The van der Waals surface area contributed by atoms with E-state index in [1.165, 1.54) is 4.70 Å². The number of carbonyl (C=O) groups excluding carboxylic acids is 1. The summed E-state index contributed by atoms with van der Waals surface area (Å²) in [6.07, 6.45) is 1.87. The van der Waals surface area contributed by atoms with Crippen LogP contribution in [0.1, 0.15) is 17.5 Å². The molecule has 0 bridgehead atoms. The van der Waals surface area contributed by atoms with Gasteiger partial charge in [0.05, 0.1) is 16.0 Å². The Labute approximate surface area is 185 Å².